The van der Waals surface area contributed by atoms with Crippen LogP contribution in [-0.2, 0) is 9.53 Å². The minimum absolute atomic E-state index is 0.0640. The molecule has 0 aliphatic carbocycles. The topological polar surface area (TPSA) is 116 Å². The number of aromatic nitrogens is 3. The number of carbonyl (C=O) groups is 2. The van der Waals surface area contributed by atoms with Gasteiger partial charge in [0.2, 0.25) is 0 Å². The van der Waals surface area contributed by atoms with Gasteiger partial charge in [-0.05, 0) is 31.9 Å². The number of methoxy groups -OCH3 is 1. The molecule has 1 N–H and O–H groups in total. The number of nitrogens with zero attached hydrogens (tertiary/aromatic N) is 4. The number of hydrogen-bond donors (Lipinski definition) is 1. The van der Waals surface area contributed by atoms with Crippen LogP contribution < -0.4 is 19.7 Å². The summed E-state index contributed by atoms with van der Waals surface area (Å²) in [6, 6.07) is 3.79. The van der Waals surface area contributed by atoms with E-state index in [1.54, 1.807) is 12.3 Å². The predicted octanol–water partition coefficient (Wildman–Crippen LogP) is 4.54. The normalized spacial score (nSPS) is 14.2. The fraction of sp³-hybridized carbons (Fsp3) is 0.375. The van der Waals surface area contributed by atoms with E-state index in [0.717, 1.165) is 17.4 Å². The number of anilines is 2. The van der Waals surface area contributed by atoms with E-state index in [1.165, 1.54) is 31.6 Å². The van der Waals surface area contributed by atoms with E-state index in [0.29, 0.717) is 49.6 Å². The summed E-state index contributed by atoms with van der Waals surface area (Å²) in [5, 5.41) is 4.42. The van der Waals surface area contributed by atoms with Gasteiger partial charge in [0.15, 0.2) is 5.13 Å². The van der Waals surface area contributed by atoms with Gasteiger partial charge >= 0.3 is 12.3 Å². The smallest absolute Gasteiger partial charge is 0.497 e. The molecule has 0 atom stereocenters. The highest BCUT2D eigenvalue weighted by molar-refractivity contribution is 7.14. The Morgan fingerprint density at radius 2 is 1.87 bits per heavy atom. The second-order valence-corrected chi connectivity index (χ2v) is 9.07. The molecule has 4 rings (SSSR count). The highest BCUT2D eigenvalue weighted by atomic mass is 32.1. The van der Waals surface area contributed by atoms with E-state index < -0.39 is 18.0 Å². The summed E-state index contributed by atoms with van der Waals surface area (Å²) in [4.78, 5) is 39.4. The van der Waals surface area contributed by atoms with Crippen LogP contribution in [0.2, 0.25) is 0 Å². The first-order chi connectivity index (χ1) is 18.1. The van der Waals surface area contributed by atoms with E-state index in [-0.39, 0.29) is 28.5 Å². The van der Waals surface area contributed by atoms with Crippen LogP contribution in [0, 0.1) is 5.92 Å². The lowest BCUT2D eigenvalue weighted by molar-refractivity contribution is -0.274. The number of halogens is 3. The number of benzene rings is 1. The molecule has 0 saturated carbocycles. The molecule has 3 heterocycles. The van der Waals surface area contributed by atoms with Crippen molar-refractivity contribution in [1.29, 1.82) is 0 Å². The minimum Gasteiger partial charge on any atom is -0.497 e. The van der Waals surface area contributed by atoms with Crippen LogP contribution in [-0.4, -0.2) is 60.0 Å². The fourth-order valence-electron chi connectivity index (χ4n) is 3.86. The summed E-state index contributed by atoms with van der Waals surface area (Å²) in [5.74, 6) is -0.565. The van der Waals surface area contributed by atoms with Crippen molar-refractivity contribution in [3.8, 4) is 22.8 Å². The van der Waals surface area contributed by atoms with E-state index in [1.807, 2.05) is 4.90 Å². The molecule has 14 heteroatoms. The van der Waals surface area contributed by atoms with Crippen LogP contribution >= 0.6 is 11.3 Å². The van der Waals surface area contributed by atoms with Gasteiger partial charge in [-0.15, -0.1) is 24.5 Å². The van der Waals surface area contributed by atoms with Crippen LogP contribution in [0.1, 0.15) is 30.3 Å². The molecular weight excluding hydrogens is 527 g/mol. The van der Waals surface area contributed by atoms with E-state index in [2.05, 4.69) is 25.0 Å². The number of thiazole rings is 1. The zero-order valence-electron chi connectivity index (χ0n) is 20.4. The Morgan fingerprint density at radius 1 is 1.13 bits per heavy atom. The number of carbonyl (C=O) groups excluding carboxylic acids is 2. The summed E-state index contributed by atoms with van der Waals surface area (Å²) in [6.45, 7) is 3.37. The Bertz CT molecular complexity index is 1280. The van der Waals surface area contributed by atoms with Crippen molar-refractivity contribution in [2.45, 2.75) is 26.1 Å². The number of rotatable bonds is 8. The van der Waals surface area contributed by atoms with Crippen molar-refractivity contribution in [3.05, 3.63) is 41.7 Å². The summed E-state index contributed by atoms with van der Waals surface area (Å²) in [7, 11) is 1.32. The fourth-order valence-corrected chi connectivity index (χ4v) is 4.58. The molecular formula is C24H24F3N5O5S. The highest BCUT2D eigenvalue weighted by Gasteiger charge is 2.31. The number of piperidine rings is 1. The molecule has 1 aromatic carbocycles. The zero-order valence-corrected chi connectivity index (χ0v) is 21.3. The Morgan fingerprint density at radius 3 is 2.50 bits per heavy atom. The Balaban J connectivity index is 1.38. The van der Waals surface area contributed by atoms with Crippen molar-refractivity contribution >= 4 is 34.2 Å². The first-order valence-corrected chi connectivity index (χ1v) is 12.5. The van der Waals surface area contributed by atoms with Gasteiger partial charge in [0.1, 0.15) is 23.0 Å². The molecule has 0 unspecified atom stereocenters. The van der Waals surface area contributed by atoms with Gasteiger partial charge < -0.3 is 19.1 Å². The van der Waals surface area contributed by atoms with Gasteiger partial charge in [0.05, 0.1) is 37.7 Å². The zero-order chi connectivity index (χ0) is 27.3. The maximum Gasteiger partial charge on any atom is 0.573 e. The van der Waals surface area contributed by atoms with E-state index in [9.17, 15) is 22.8 Å². The van der Waals surface area contributed by atoms with Crippen molar-refractivity contribution in [2.24, 2.45) is 5.92 Å². The number of ether oxygens (including phenoxy) is 3. The Hall–Kier alpha value is -3.94. The molecule has 3 aromatic rings. The summed E-state index contributed by atoms with van der Waals surface area (Å²) in [5.41, 5.74) is 0.703. The third-order valence-electron chi connectivity index (χ3n) is 5.68. The van der Waals surface area contributed by atoms with Gasteiger partial charge in [-0.25, -0.2) is 15.0 Å². The molecule has 0 radical (unpaired) electrons. The highest BCUT2D eigenvalue weighted by Crippen LogP contribution is 2.34. The van der Waals surface area contributed by atoms with Crippen molar-refractivity contribution in [2.75, 3.05) is 37.0 Å². The summed E-state index contributed by atoms with van der Waals surface area (Å²) in [6.07, 6.45) is -0.732. The molecule has 1 aliphatic heterocycles. The van der Waals surface area contributed by atoms with Gasteiger partial charge in [0.25, 0.3) is 5.91 Å². The minimum atomic E-state index is -4.86. The largest absolute Gasteiger partial charge is 0.573 e. The molecule has 1 aliphatic rings. The van der Waals surface area contributed by atoms with Crippen LogP contribution in [0.25, 0.3) is 11.3 Å². The molecule has 1 fully saturated rings. The Kier molecular flexibility index (Phi) is 8.29. The standard InChI is InChI=1S/C24H24F3N5O5S/c1-3-36-22(34)14-4-6-32(7-5-14)20-12-28-18(11-29-20)21(33)31-23-30-19(13-38-23)15-8-16(35-2)10-17(9-15)37-24(25,26)27/h8-14H,3-7H2,1-2H3,(H,30,31,33). The number of esters is 1. The van der Waals surface area contributed by atoms with Crippen LogP contribution in [0.5, 0.6) is 11.5 Å². The lowest BCUT2D eigenvalue weighted by Crippen LogP contribution is -2.37. The van der Waals surface area contributed by atoms with Crippen molar-refractivity contribution in [1.82, 2.24) is 15.0 Å². The quantitative estimate of drug-likeness (QED) is 0.403. The maximum atomic E-state index is 12.7. The first kappa shape index (κ1) is 27.1. The molecule has 0 bridgehead atoms. The maximum absolute atomic E-state index is 12.7. The van der Waals surface area contributed by atoms with Gasteiger partial charge in [-0.2, -0.15) is 0 Å². The van der Waals surface area contributed by atoms with Crippen molar-refractivity contribution < 1.29 is 37.0 Å². The van der Waals surface area contributed by atoms with Crippen molar-refractivity contribution in [3.63, 3.8) is 0 Å². The van der Waals surface area contributed by atoms with Crippen LogP contribution in [0.3, 0.4) is 0 Å². The van der Waals surface area contributed by atoms with E-state index in [4.69, 9.17) is 9.47 Å². The lowest BCUT2D eigenvalue weighted by atomic mass is 9.97. The molecule has 202 valence electrons. The average Bonchev–Trinajstić information content (AvgIpc) is 3.36. The molecule has 1 amide bonds. The number of alkyl halides is 3. The Labute approximate surface area is 219 Å². The molecule has 10 nitrogen and oxygen atoms in total. The summed E-state index contributed by atoms with van der Waals surface area (Å²) >= 11 is 1.09. The number of hydrogen-bond acceptors (Lipinski definition) is 10. The monoisotopic (exact) mass is 551 g/mol. The van der Waals surface area contributed by atoms with Gasteiger partial charge in [-0.3, -0.25) is 14.9 Å². The second-order valence-electron chi connectivity index (χ2n) is 8.21. The van der Waals surface area contributed by atoms with Crippen LogP contribution in [0.4, 0.5) is 24.1 Å². The molecule has 1 saturated heterocycles. The molecule has 0 spiro atoms. The number of amides is 1. The van der Waals surface area contributed by atoms with Crippen LogP contribution in [0.15, 0.2) is 36.0 Å². The SMILES string of the molecule is CCOC(=O)C1CCN(c2cnc(C(=O)Nc3nc(-c4cc(OC)cc(OC(F)(F)F)c4)cs3)cn2)CC1. The van der Waals surface area contributed by atoms with E-state index >= 15 is 0 Å². The third kappa shape index (κ3) is 6.88. The van der Waals surface area contributed by atoms with Gasteiger partial charge in [-0.1, -0.05) is 0 Å². The van der Waals surface area contributed by atoms with Gasteiger partial charge in [0, 0.05) is 30.1 Å². The predicted molar refractivity (Wildman–Crippen MR) is 132 cm³/mol. The second kappa shape index (κ2) is 11.6. The summed E-state index contributed by atoms with van der Waals surface area (Å²) < 4.78 is 52.1. The molecule has 2 aromatic heterocycles. The lowest BCUT2D eigenvalue weighted by Gasteiger charge is -2.31. The third-order valence-corrected chi connectivity index (χ3v) is 6.44. The first-order valence-electron chi connectivity index (χ1n) is 11.6. The number of nitrogens with one attached hydrogen (secondary N) is 1. The molecule has 38 heavy (non-hydrogen) atoms. The average molecular weight is 552 g/mol.